The van der Waals surface area contributed by atoms with E-state index < -0.39 is 0 Å². The smallest absolute Gasteiger partial charge is 0.0171 e. The van der Waals surface area contributed by atoms with Crippen LogP contribution in [0.4, 0.5) is 0 Å². The van der Waals surface area contributed by atoms with Crippen molar-refractivity contribution in [1.29, 1.82) is 0 Å². The fourth-order valence-electron chi connectivity index (χ4n) is 1.13. The third-order valence-corrected chi connectivity index (χ3v) is 1.91. The van der Waals surface area contributed by atoms with Crippen LogP contribution in [0.1, 0.15) is 27.2 Å². The molecule has 46 valence electrons. The van der Waals surface area contributed by atoms with Gasteiger partial charge in [-0.15, -0.1) is 0 Å². The molecule has 0 aliphatic heterocycles. The summed E-state index contributed by atoms with van der Waals surface area (Å²) in [6.45, 7) is 6.78. The molecule has 0 nitrogen and oxygen atoms in total. The number of hydrogen-bond acceptors (Lipinski definition) is 0. The van der Waals surface area contributed by atoms with Crippen molar-refractivity contribution in [2.45, 2.75) is 27.2 Å². The fourth-order valence-corrected chi connectivity index (χ4v) is 1.13. The summed E-state index contributed by atoms with van der Waals surface area (Å²) in [5.41, 5.74) is 1.57. The van der Waals surface area contributed by atoms with Crippen molar-refractivity contribution in [3.05, 3.63) is 11.6 Å². The topological polar surface area (TPSA) is 0 Å². The molecule has 1 unspecified atom stereocenters. The average molecular weight is 110 g/mol. The number of allylic oxidation sites excluding steroid dienone is 2. The summed E-state index contributed by atoms with van der Waals surface area (Å²) in [7, 11) is 0. The maximum atomic E-state index is 2.38. The third-order valence-electron chi connectivity index (χ3n) is 1.91. The van der Waals surface area contributed by atoms with Gasteiger partial charge in [-0.1, -0.05) is 25.5 Å². The lowest BCUT2D eigenvalue weighted by Crippen LogP contribution is -2.13. The lowest BCUT2D eigenvalue weighted by Gasteiger charge is -2.26. The maximum absolute atomic E-state index is 2.38. The molecular weight excluding hydrogens is 96.1 g/mol. The molecule has 8 heavy (non-hydrogen) atoms. The quantitative estimate of drug-likeness (QED) is 0.455. The van der Waals surface area contributed by atoms with Crippen LogP contribution in [-0.2, 0) is 0 Å². The van der Waals surface area contributed by atoms with Crippen LogP contribution in [0.2, 0.25) is 0 Å². The van der Waals surface area contributed by atoms with E-state index >= 15 is 0 Å². The van der Waals surface area contributed by atoms with Gasteiger partial charge in [0.05, 0.1) is 0 Å². The first-order valence-corrected chi connectivity index (χ1v) is 3.37. The zero-order chi connectivity index (χ0) is 6.15. The first-order chi connectivity index (χ1) is 3.70. The summed E-state index contributed by atoms with van der Waals surface area (Å²) in [6, 6.07) is 0. The van der Waals surface area contributed by atoms with Crippen LogP contribution in [0.5, 0.6) is 0 Å². The zero-order valence-electron chi connectivity index (χ0n) is 5.94. The Hall–Kier alpha value is -0.260. The highest BCUT2D eigenvalue weighted by Crippen LogP contribution is 2.30. The minimum absolute atomic E-state index is 0.860. The summed E-state index contributed by atoms with van der Waals surface area (Å²) in [5.74, 6) is 1.76. The summed E-state index contributed by atoms with van der Waals surface area (Å²) in [5, 5.41) is 0. The van der Waals surface area contributed by atoms with E-state index in [0.717, 1.165) is 11.8 Å². The Morgan fingerprint density at radius 1 is 1.62 bits per heavy atom. The molecule has 0 aromatic heterocycles. The second-order valence-electron chi connectivity index (χ2n) is 3.13. The SMILES string of the molecule is CC1=CC(C(C)C)C1. The second-order valence-corrected chi connectivity index (χ2v) is 3.13. The highest BCUT2D eigenvalue weighted by Gasteiger charge is 2.17. The van der Waals surface area contributed by atoms with E-state index in [0.29, 0.717) is 0 Å². The van der Waals surface area contributed by atoms with Crippen LogP contribution in [-0.4, -0.2) is 0 Å². The molecule has 0 saturated carbocycles. The largest absolute Gasteiger partial charge is 0.0819 e. The first kappa shape index (κ1) is 5.87. The molecule has 1 aliphatic rings. The minimum atomic E-state index is 0.860. The lowest BCUT2D eigenvalue weighted by molar-refractivity contribution is 0.423. The van der Waals surface area contributed by atoms with Crippen molar-refractivity contribution < 1.29 is 0 Å². The van der Waals surface area contributed by atoms with Crippen LogP contribution in [0.15, 0.2) is 11.6 Å². The summed E-state index contributed by atoms with van der Waals surface area (Å²) < 4.78 is 0. The van der Waals surface area contributed by atoms with Crippen LogP contribution in [0.25, 0.3) is 0 Å². The van der Waals surface area contributed by atoms with Gasteiger partial charge < -0.3 is 0 Å². The lowest BCUT2D eigenvalue weighted by atomic mass is 9.80. The molecule has 0 bridgehead atoms. The molecule has 0 heteroatoms. The Labute approximate surface area is 51.6 Å². The van der Waals surface area contributed by atoms with Crippen molar-refractivity contribution in [2.24, 2.45) is 11.8 Å². The van der Waals surface area contributed by atoms with Crippen molar-refractivity contribution in [2.75, 3.05) is 0 Å². The van der Waals surface area contributed by atoms with Crippen molar-refractivity contribution in [3.63, 3.8) is 0 Å². The van der Waals surface area contributed by atoms with Gasteiger partial charge in [-0.25, -0.2) is 0 Å². The highest BCUT2D eigenvalue weighted by atomic mass is 14.2. The third kappa shape index (κ3) is 0.936. The van der Waals surface area contributed by atoms with Crippen LogP contribution in [0, 0.1) is 11.8 Å². The zero-order valence-corrected chi connectivity index (χ0v) is 5.94. The van der Waals surface area contributed by atoms with E-state index in [4.69, 9.17) is 0 Å². The molecule has 0 spiro atoms. The average Bonchev–Trinajstić information content (AvgIpc) is 1.57. The molecular formula is C8H14. The summed E-state index contributed by atoms with van der Waals surface area (Å²) >= 11 is 0. The second kappa shape index (κ2) is 1.93. The normalized spacial score (nSPS) is 27.5. The molecule has 0 aromatic rings. The number of rotatable bonds is 1. The molecule has 0 aromatic carbocycles. The Morgan fingerprint density at radius 3 is 2.25 bits per heavy atom. The van der Waals surface area contributed by atoms with Gasteiger partial charge in [0, 0.05) is 0 Å². The molecule has 1 rings (SSSR count). The Bertz CT molecular complexity index is 109. The summed E-state index contributed by atoms with van der Waals surface area (Å²) in [6.07, 6.45) is 3.72. The van der Waals surface area contributed by atoms with Gasteiger partial charge in [0.2, 0.25) is 0 Å². The van der Waals surface area contributed by atoms with Crippen molar-refractivity contribution >= 4 is 0 Å². The molecule has 0 fully saturated rings. The van der Waals surface area contributed by atoms with Gasteiger partial charge in [-0.05, 0) is 25.2 Å². The molecule has 0 N–H and O–H groups in total. The van der Waals surface area contributed by atoms with E-state index in [9.17, 15) is 0 Å². The molecule has 0 radical (unpaired) electrons. The molecule has 1 atom stereocenters. The predicted octanol–water partition coefficient (Wildman–Crippen LogP) is 2.61. The molecule has 0 heterocycles. The molecule has 1 aliphatic carbocycles. The van der Waals surface area contributed by atoms with Crippen molar-refractivity contribution in [3.8, 4) is 0 Å². The van der Waals surface area contributed by atoms with Crippen LogP contribution in [0.3, 0.4) is 0 Å². The molecule has 0 saturated heterocycles. The van der Waals surface area contributed by atoms with E-state index in [2.05, 4.69) is 26.8 Å². The molecule has 0 amide bonds. The maximum Gasteiger partial charge on any atom is -0.0171 e. The summed E-state index contributed by atoms with van der Waals surface area (Å²) in [4.78, 5) is 0. The number of hydrogen-bond donors (Lipinski definition) is 0. The van der Waals surface area contributed by atoms with Crippen LogP contribution < -0.4 is 0 Å². The Morgan fingerprint density at radius 2 is 2.12 bits per heavy atom. The first-order valence-electron chi connectivity index (χ1n) is 3.37. The van der Waals surface area contributed by atoms with Gasteiger partial charge in [0.25, 0.3) is 0 Å². The Balaban J connectivity index is 2.36. The van der Waals surface area contributed by atoms with Crippen LogP contribution >= 0.6 is 0 Å². The Kier molecular flexibility index (Phi) is 1.41. The fraction of sp³-hybridized carbons (Fsp3) is 0.750. The van der Waals surface area contributed by atoms with Gasteiger partial charge in [-0.2, -0.15) is 0 Å². The van der Waals surface area contributed by atoms with Crippen molar-refractivity contribution in [1.82, 2.24) is 0 Å². The standard InChI is InChI=1S/C8H14/c1-6(2)8-4-7(3)5-8/h4,6,8H,5H2,1-3H3. The van der Waals surface area contributed by atoms with E-state index in [-0.39, 0.29) is 0 Å². The van der Waals surface area contributed by atoms with Gasteiger partial charge in [0.15, 0.2) is 0 Å². The van der Waals surface area contributed by atoms with Gasteiger partial charge >= 0.3 is 0 Å². The van der Waals surface area contributed by atoms with Gasteiger partial charge in [0.1, 0.15) is 0 Å². The minimum Gasteiger partial charge on any atom is -0.0819 e. The van der Waals surface area contributed by atoms with Gasteiger partial charge in [-0.3, -0.25) is 0 Å². The van der Waals surface area contributed by atoms with E-state index in [1.165, 1.54) is 6.42 Å². The highest BCUT2D eigenvalue weighted by molar-refractivity contribution is 5.14. The van der Waals surface area contributed by atoms with E-state index in [1.807, 2.05) is 0 Å². The predicted molar refractivity (Wildman–Crippen MR) is 36.7 cm³/mol. The monoisotopic (exact) mass is 110 g/mol. The van der Waals surface area contributed by atoms with E-state index in [1.54, 1.807) is 5.57 Å².